The number of ether oxygens (including phenoxy) is 1. The Bertz CT molecular complexity index is 452. The standard InChI is InChI=1S/C13H17N3O2/c1-2-3-6-16-13(17)9-18-12-5-4-10(8-14)7-11(12)15/h4-5,7H,2-3,6,9,15H2,1H3,(H,16,17). The number of amides is 1. The number of nitriles is 1. The van der Waals surface area contributed by atoms with E-state index in [2.05, 4.69) is 12.2 Å². The van der Waals surface area contributed by atoms with E-state index in [-0.39, 0.29) is 12.5 Å². The lowest BCUT2D eigenvalue weighted by molar-refractivity contribution is -0.123. The first-order valence-electron chi connectivity index (χ1n) is 5.86. The second-order valence-corrected chi connectivity index (χ2v) is 3.86. The van der Waals surface area contributed by atoms with Crippen molar-refractivity contribution in [3.63, 3.8) is 0 Å². The van der Waals surface area contributed by atoms with Crippen molar-refractivity contribution in [1.29, 1.82) is 5.26 Å². The van der Waals surface area contributed by atoms with Gasteiger partial charge in [0.15, 0.2) is 6.61 Å². The molecule has 3 N–H and O–H groups in total. The van der Waals surface area contributed by atoms with Crippen LogP contribution in [0.1, 0.15) is 25.3 Å². The molecule has 0 aliphatic carbocycles. The van der Waals surface area contributed by atoms with E-state index in [9.17, 15) is 4.79 Å². The van der Waals surface area contributed by atoms with Crippen molar-refractivity contribution in [2.24, 2.45) is 0 Å². The van der Waals surface area contributed by atoms with Gasteiger partial charge in [0.2, 0.25) is 0 Å². The van der Waals surface area contributed by atoms with Crippen LogP contribution >= 0.6 is 0 Å². The van der Waals surface area contributed by atoms with E-state index < -0.39 is 0 Å². The molecule has 1 aromatic carbocycles. The normalized spacial score (nSPS) is 9.56. The van der Waals surface area contributed by atoms with Crippen molar-refractivity contribution in [1.82, 2.24) is 5.32 Å². The van der Waals surface area contributed by atoms with Gasteiger partial charge in [-0.1, -0.05) is 13.3 Å². The minimum atomic E-state index is -0.174. The number of benzene rings is 1. The van der Waals surface area contributed by atoms with Gasteiger partial charge in [0.05, 0.1) is 17.3 Å². The second-order valence-electron chi connectivity index (χ2n) is 3.86. The van der Waals surface area contributed by atoms with Gasteiger partial charge in [-0.3, -0.25) is 4.79 Å². The van der Waals surface area contributed by atoms with Crippen molar-refractivity contribution in [2.45, 2.75) is 19.8 Å². The van der Waals surface area contributed by atoms with E-state index in [0.29, 0.717) is 23.5 Å². The third-order valence-electron chi connectivity index (χ3n) is 2.35. The summed E-state index contributed by atoms with van der Waals surface area (Å²) in [4.78, 5) is 11.4. The number of hydrogen-bond acceptors (Lipinski definition) is 4. The molecule has 0 bridgehead atoms. The molecular formula is C13H17N3O2. The maximum Gasteiger partial charge on any atom is 0.257 e. The molecule has 0 heterocycles. The van der Waals surface area contributed by atoms with Crippen LogP contribution in [-0.4, -0.2) is 19.1 Å². The number of anilines is 1. The zero-order valence-electron chi connectivity index (χ0n) is 10.4. The Kier molecular flexibility index (Phi) is 5.52. The number of nitrogens with two attached hydrogens (primary N) is 1. The van der Waals surface area contributed by atoms with Crippen molar-refractivity contribution in [2.75, 3.05) is 18.9 Å². The quantitative estimate of drug-likeness (QED) is 0.588. The van der Waals surface area contributed by atoms with Crippen molar-refractivity contribution < 1.29 is 9.53 Å². The van der Waals surface area contributed by atoms with E-state index in [1.54, 1.807) is 12.1 Å². The molecule has 0 spiro atoms. The van der Waals surface area contributed by atoms with Gasteiger partial charge in [-0.05, 0) is 24.6 Å². The number of rotatable bonds is 6. The molecule has 18 heavy (non-hydrogen) atoms. The Morgan fingerprint density at radius 3 is 2.94 bits per heavy atom. The molecule has 1 rings (SSSR count). The average molecular weight is 247 g/mol. The summed E-state index contributed by atoms with van der Waals surface area (Å²) < 4.78 is 5.28. The Balaban J connectivity index is 2.44. The summed E-state index contributed by atoms with van der Waals surface area (Å²) in [5, 5.41) is 11.4. The number of unbranched alkanes of at least 4 members (excludes halogenated alkanes) is 1. The van der Waals surface area contributed by atoms with Gasteiger partial charge in [-0.15, -0.1) is 0 Å². The van der Waals surface area contributed by atoms with Crippen LogP contribution in [0.5, 0.6) is 5.75 Å². The maximum absolute atomic E-state index is 11.4. The van der Waals surface area contributed by atoms with Crippen LogP contribution in [0, 0.1) is 11.3 Å². The molecule has 0 radical (unpaired) electrons. The summed E-state index contributed by atoms with van der Waals surface area (Å²) in [5.41, 5.74) is 6.52. The molecule has 96 valence electrons. The highest BCUT2D eigenvalue weighted by molar-refractivity contribution is 5.77. The Morgan fingerprint density at radius 1 is 1.56 bits per heavy atom. The fourth-order valence-electron chi connectivity index (χ4n) is 1.35. The SMILES string of the molecule is CCCCNC(=O)COc1ccc(C#N)cc1N. The molecule has 0 saturated heterocycles. The summed E-state index contributed by atoms with van der Waals surface area (Å²) in [5.74, 6) is 0.242. The summed E-state index contributed by atoms with van der Waals surface area (Å²) in [6, 6.07) is 6.69. The van der Waals surface area contributed by atoms with Crippen LogP contribution in [0.3, 0.4) is 0 Å². The monoisotopic (exact) mass is 247 g/mol. The highest BCUT2D eigenvalue weighted by Gasteiger charge is 2.05. The summed E-state index contributed by atoms with van der Waals surface area (Å²) in [7, 11) is 0. The molecule has 0 aromatic heterocycles. The van der Waals surface area contributed by atoms with E-state index in [4.69, 9.17) is 15.7 Å². The van der Waals surface area contributed by atoms with Gasteiger partial charge in [0.25, 0.3) is 5.91 Å². The Morgan fingerprint density at radius 2 is 2.33 bits per heavy atom. The van der Waals surface area contributed by atoms with Crippen LogP contribution in [0.2, 0.25) is 0 Å². The molecule has 0 saturated carbocycles. The lowest BCUT2D eigenvalue weighted by Gasteiger charge is -2.09. The van der Waals surface area contributed by atoms with Crippen LogP contribution < -0.4 is 15.8 Å². The minimum absolute atomic E-state index is 0.0696. The largest absolute Gasteiger partial charge is 0.482 e. The number of nitrogens with one attached hydrogen (secondary N) is 1. The highest BCUT2D eigenvalue weighted by atomic mass is 16.5. The van der Waals surface area contributed by atoms with Crippen molar-refractivity contribution in [3.8, 4) is 11.8 Å². The topological polar surface area (TPSA) is 88.1 Å². The van der Waals surface area contributed by atoms with Crippen molar-refractivity contribution in [3.05, 3.63) is 23.8 Å². The lowest BCUT2D eigenvalue weighted by atomic mass is 10.2. The van der Waals surface area contributed by atoms with E-state index in [1.807, 2.05) is 6.07 Å². The number of nitrogen functional groups attached to an aromatic ring is 1. The van der Waals surface area contributed by atoms with Crippen LogP contribution in [-0.2, 0) is 4.79 Å². The summed E-state index contributed by atoms with van der Waals surface area (Å²) in [6.07, 6.45) is 1.98. The highest BCUT2D eigenvalue weighted by Crippen LogP contribution is 2.21. The first-order chi connectivity index (χ1) is 8.67. The second kappa shape index (κ2) is 7.17. The maximum atomic E-state index is 11.4. The van der Waals surface area contributed by atoms with Gasteiger partial charge >= 0.3 is 0 Å². The first-order valence-corrected chi connectivity index (χ1v) is 5.86. The molecule has 1 amide bonds. The van der Waals surface area contributed by atoms with Gasteiger partial charge in [-0.25, -0.2) is 0 Å². The number of carbonyl (C=O) groups excluding carboxylic acids is 1. The zero-order valence-corrected chi connectivity index (χ0v) is 10.4. The molecule has 0 fully saturated rings. The number of carbonyl (C=O) groups is 1. The van der Waals surface area contributed by atoms with E-state index in [1.165, 1.54) is 6.07 Å². The average Bonchev–Trinajstić information content (AvgIpc) is 2.37. The Labute approximate surface area is 107 Å². The van der Waals surface area contributed by atoms with Crippen LogP contribution in [0.25, 0.3) is 0 Å². The minimum Gasteiger partial charge on any atom is -0.482 e. The van der Waals surface area contributed by atoms with Crippen LogP contribution in [0.15, 0.2) is 18.2 Å². The van der Waals surface area contributed by atoms with Crippen LogP contribution in [0.4, 0.5) is 5.69 Å². The molecule has 1 aromatic rings. The molecular weight excluding hydrogens is 230 g/mol. The fourth-order valence-corrected chi connectivity index (χ4v) is 1.35. The third kappa shape index (κ3) is 4.34. The molecule has 5 nitrogen and oxygen atoms in total. The Hall–Kier alpha value is -2.22. The third-order valence-corrected chi connectivity index (χ3v) is 2.35. The fraction of sp³-hybridized carbons (Fsp3) is 0.385. The summed E-state index contributed by atoms with van der Waals surface area (Å²) in [6.45, 7) is 2.64. The number of hydrogen-bond donors (Lipinski definition) is 2. The molecule has 0 aliphatic rings. The van der Waals surface area contributed by atoms with Gasteiger partial charge in [0.1, 0.15) is 5.75 Å². The number of nitrogens with zero attached hydrogens (tertiary/aromatic N) is 1. The molecule has 5 heteroatoms. The van der Waals surface area contributed by atoms with E-state index >= 15 is 0 Å². The van der Waals surface area contributed by atoms with Gasteiger partial charge < -0.3 is 15.8 Å². The molecule has 0 atom stereocenters. The van der Waals surface area contributed by atoms with E-state index in [0.717, 1.165) is 12.8 Å². The first kappa shape index (κ1) is 13.8. The van der Waals surface area contributed by atoms with Gasteiger partial charge in [-0.2, -0.15) is 5.26 Å². The predicted molar refractivity (Wildman–Crippen MR) is 69.0 cm³/mol. The lowest BCUT2D eigenvalue weighted by Crippen LogP contribution is -2.29. The van der Waals surface area contributed by atoms with Gasteiger partial charge in [0, 0.05) is 6.54 Å². The molecule has 0 aliphatic heterocycles. The zero-order chi connectivity index (χ0) is 13.4. The summed E-state index contributed by atoms with van der Waals surface area (Å²) >= 11 is 0. The smallest absolute Gasteiger partial charge is 0.257 e. The molecule has 0 unspecified atom stereocenters. The van der Waals surface area contributed by atoms with Crippen molar-refractivity contribution >= 4 is 11.6 Å². The predicted octanol–water partition coefficient (Wildman–Crippen LogP) is 1.44.